The maximum Gasteiger partial charge on any atom is 0.326 e. The molecule has 1 aromatic rings. The van der Waals surface area contributed by atoms with Crippen molar-refractivity contribution in [2.75, 3.05) is 6.54 Å². The molecule has 0 saturated heterocycles. The quantitative estimate of drug-likeness (QED) is 0.0433. The number of aromatic nitrogens is 2. The van der Waals surface area contributed by atoms with Gasteiger partial charge in [-0.05, 0) is 25.7 Å². The van der Waals surface area contributed by atoms with Gasteiger partial charge in [-0.25, -0.2) is 9.78 Å². The molecule has 0 aliphatic heterocycles. The van der Waals surface area contributed by atoms with E-state index < -0.39 is 59.7 Å². The highest BCUT2D eigenvalue weighted by atomic mass is 16.4. The number of nitrogens with two attached hydrogens (primary N) is 4. The first-order chi connectivity index (χ1) is 18.8. The highest BCUT2D eigenvalue weighted by Gasteiger charge is 2.31. The Morgan fingerprint density at radius 3 is 2.05 bits per heavy atom. The summed E-state index contributed by atoms with van der Waals surface area (Å²) in [6.45, 7) is 0.118. The molecular formula is C22H36N10O8. The molecule has 0 radical (unpaired) electrons. The van der Waals surface area contributed by atoms with Crippen LogP contribution in [0.25, 0.3) is 0 Å². The summed E-state index contributed by atoms with van der Waals surface area (Å²) < 4.78 is 0. The lowest BCUT2D eigenvalue weighted by Crippen LogP contribution is -2.57. The number of H-pyrrole nitrogens is 1. The van der Waals surface area contributed by atoms with Gasteiger partial charge in [0.1, 0.15) is 18.1 Å². The number of hydrogen-bond donors (Lipinski definition) is 10. The number of aliphatic carboxylic acids is 2. The molecule has 4 atom stereocenters. The van der Waals surface area contributed by atoms with E-state index in [1.807, 2.05) is 0 Å². The molecule has 18 heteroatoms. The number of carboxylic acid groups (broad SMARTS) is 2. The fourth-order valence-corrected chi connectivity index (χ4v) is 3.38. The van der Waals surface area contributed by atoms with Gasteiger partial charge in [0.15, 0.2) is 5.96 Å². The molecule has 0 aromatic carbocycles. The zero-order valence-electron chi connectivity index (χ0n) is 21.7. The van der Waals surface area contributed by atoms with Crippen molar-refractivity contribution in [1.29, 1.82) is 0 Å². The molecule has 0 fully saturated rings. The van der Waals surface area contributed by atoms with Crippen molar-refractivity contribution in [1.82, 2.24) is 25.9 Å². The lowest BCUT2D eigenvalue weighted by molar-refractivity contribution is -0.142. The van der Waals surface area contributed by atoms with Crippen LogP contribution in [-0.2, 0) is 35.2 Å². The number of hydrogen-bond acceptors (Lipinski definition) is 9. The normalized spacial score (nSPS) is 13.6. The molecule has 0 bridgehead atoms. The van der Waals surface area contributed by atoms with Crippen molar-refractivity contribution in [3.8, 4) is 0 Å². The van der Waals surface area contributed by atoms with E-state index in [0.29, 0.717) is 5.69 Å². The number of amides is 4. The van der Waals surface area contributed by atoms with E-state index in [0.717, 1.165) is 0 Å². The van der Waals surface area contributed by atoms with E-state index in [2.05, 4.69) is 30.9 Å². The van der Waals surface area contributed by atoms with Crippen molar-refractivity contribution in [2.24, 2.45) is 27.9 Å². The molecule has 1 heterocycles. The third-order valence-corrected chi connectivity index (χ3v) is 5.49. The molecule has 0 spiro atoms. The predicted molar refractivity (Wildman–Crippen MR) is 139 cm³/mol. The number of carboxylic acids is 2. The first-order valence-electron chi connectivity index (χ1n) is 12.2. The number of primary amides is 1. The summed E-state index contributed by atoms with van der Waals surface area (Å²) in [5, 5.41) is 25.5. The fourth-order valence-electron chi connectivity index (χ4n) is 3.38. The molecule has 1 rings (SSSR count). The van der Waals surface area contributed by atoms with Crippen molar-refractivity contribution in [2.45, 2.75) is 69.1 Å². The average molecular weight is 569 g/mol. The standard InChI is InChI=1S/C22H36N10O8/c23-12(3-6-17(34)35)18(36)32-15(8-11-9-27-10-29-11)20(38)30-13(4-5-16(24)33)19(37)31-14(21(39)40)2-1-7-28-22(25)26/h9-10,12-15H,1-8,23H2,(H2,24,33)(H,27,29)(H,30,38)(H,31,37)(H,32,36)(H,34,35)(H,39,40)(H4,25,26,28). The molecular weight excluding hydrogens is 532 g/mol. The molecule has 40 heavy (non-hydrogen) atoms. The number of aromatic amines is 1. The molecule has 4 unspecified atom stereocenters. The summed E-state index contributed by atoms with van der Waals surface area (Å²) in [4.78, 5) is 82.9. The SMILES string of the molecule is NC(=O)CCC(NC(=O)C(Cc1cnc[nH]1)NC(=O)C(N)CCC(=O)O)C(=O)NC(CCCN=C(N)N)C(=O)O. The summed E-state index contributed by atoms with van der Waals surface area (Å²) in [7, 11) is 0. The zero-order chi connectivity index (χ0) is 30.2. The molecule has 18 nitrogen and oxygen atoms in total. The zero-order valence-corrected chi connectivity index (χ0v) is 21.7. The van der Waals surface area contributed by atoms with Gasteiger partial charge >= 0.3 is 11.9 Å². The van der Waals surface area contributed by atoms with Crippen molar-refractivity contribution in [3.63, 3.8) is 0 Å². The Morgan fingerprint density at radius 2 is 1.50 bits per heavy atom. The summed E-state index contributed by atoms with van der Waals surface area (Å²) in [5.41, 5.74) is 21.8. The Balaban J connectivity index is 3.04. The van der Waals surface area contributed by atoms with Gasteiger partial charge in [0, 0.05) is 37.7 Å². The van der Waals surface area contributed by atoms with Gasteiger partial charge in [-0.2, -0.15) is 0 Å². The van der Waals surface area contributed by atoms with E-state index in [1.165, 1.54) is 12.5 Å². The first-order valence-corrected chi connectivity index (χ1v) is 12.2. The van der Waals surface area contributed by atoms with Crippen LogP contribution in [0.4, 0.5) is 0 Å². The number of carbonyl (C=O) groups excluding carboxylic acids is 4. The smallest absolute Gasteiger partial charge is 0.326 e. The summed E-state index contributed by atoms with van der Waals surface area (Å²) in [6, 6.07) is -5.30. The van der Waals surface area contributed by atoms with Crippen LogP contribution in [0, 0.1) is 0 Å². The number of imidazole rings is 1. The lowest BCUT2D eigenvalue weighted by Gasteiger charge is -2.25. The third kappa shape index (κ3) is 13.2. The molecule has 4 amide bonds. The number of nitrogens with zero attached hydrogens (tertiary/aromatic N) is 2. The highest BCUT2D eigenvalue weighted by molar-refractivity contribution is 5.94. The predicted octanol–water partition coefficient (Wildman–Crippen LogP) is -4.00. The molecule has 222 valence electrons. The average Bonchev–Trinajstić information content (AvgIpc) is 3.38. The van der Waals surface area contributed by atoms with Crippen LogP contribution in [0.3, 0.4) is 0 Å². The van der Waals surface area contributed by atoms with Crippen LogP contribution >= 0.6 is 0 Å². The Kier molecular flexibility index (Phi) is 14.1. The number of aliphatic imine (C=N–C) groups is 1. The highest BCUT2D eigenvalue weighted by Crippen LogP contribution is 2.06. The maximum atomic E-state index is 13.2. The molecule has 0 saturated carbocycles. The van der Waals surface area contributed by atoms with E-state index in [-0.39, 0.29) is 57.5 Å². The maximum absolute atomic E-state index is 13.2. The minimum Gasteiger partial charge on any atom is -0.481 e. The molecule has 0 aliphatic rings. The van der Waals surface area contributed by atoms with Gasteiger partial charge in [-0.3, -0.25) is 29.0 Å². The number of rotatable bonds is 19. The van der Waals surface area contributed by atoms with E-state index >= 15 is 0 Å². The first kappa shape index (κ1) is 33.3. The van der Waals surface area contributed by atoms with Crippen molar-refractivity contribution in [3.05, 3.63) is 18.2 Å². The lowest BCUT2D eigenvalue weighted by atomic mass is 10.1. The van der Waals surface area contributed by atoms with Crippen LogP contribution in [0.5, 0.6) is 0 Å². The van der Waals surface area contributed by atoms with Crippen molar-refractivity contribution >= 4 is 41.5 Å². The molecule has 0 aliphatic carbocycles. The second-order valence-corrected chi connectivity index (χ2v) is 8.80. The van der Waals surface area contributed by atoms with E-state index in [4.69, 9.17) is 28.0 Å². The van der Waals surface area contributed by atoms with Gasteiger partial charge in [0.05, 0.1) is 12.4 Å². The second kappa shape index (κ2) is 17.0. The molecule has 1 aromatic heterocycles. The number of guanidine groups is 1. The van der Waals surface area contributed by atoms with Crippen LogP contribution < -0.4 is 38.9 Å². The Hall–Kier alpha value is -4.74. The summed E-state index contributed by atoms with van der Waals surface area (Å²) in [6.07, 6.45) is 1.64. The van der Waals surface area contributed by atoms with E-state index in [1.54, 1.807) is 0 Å². The summed E-state index contributed by atoms with van der Waals surface area (Å²) >= 11 is 0. The fraction of sp³-hybridized carbons (Fsp3) is 0.545. The Morgan fingerprint density at radius 1 is 0.875 bits per heavy atom. The van der Waals surface area contributed by atoms with Crippen LogP contribution in [-0.4, -0.2) is 92.4 Å². The summed E-state index contributed by atoms with van der Waals surface area (Å²) in [5.74, 6) is -6.04. The monoisotopic (exact) mass is 568 g/mol. The van der Waals surface area contributed by atoms with Crippen molar-refractivity contribution < 1.29 is 39.0 Å². The minimum atomic E-state index is -1.40. The number of nitrogens with one attached hydrogen (secondary N) is 4. The third-order valence-electron chi connectivity index (χ3n) is 5.49. The van der Waals surface area contributed by atoms with Gasteiger partial charge in [0.2, 0.25) is 23.6 Å². The largest absolute Gasteiger partial charge is 0.481 e. The topological polar surface area (TPSA) is 324 Å². The Labute approximate surface area is 228 Å². The van der Waals surface area contributed by atoms with Gasteiger partial charge < -0.3 is 54.1 Å². The number of carbonyl (C=O) groups is 6. The Bertz CT molecular complexity index is 1060. The minimum absolute atomic E-state index is 0.0406. The van der Waals surface area contributed by atoms with Crippen LogP contribution in [0.1, 0.15) is 44.2 Å². The second-order valence-electron chi connectivity index (χ2n) is 8.80. The molecule has 14 N–H and O–H groups in total. The van der Waals surface area contributed by atoms with Gasteiger partial charge in [0.25, 0.3) is 0 Å². The van der Waals surface area contributed by atoms with Crippen LogP contribution in [0.15, 0.2) is 17.5 Å². The van der Waals surface area contributed by atoms with Gasteiger partial charge in [-0.15, -0.1) is 0 Å². The van der Waals surface area contributed by atoms with E-state index in [9.17, 15) is 33.9 Å². The van der Waals surface area contributed by atoms with Gasteiger partial charge in [-0.1, -0.05) is 0 Å². The van der Waals surface area contributed by atoms with Crippen LogP contribution in [0.2, 0.25) is 0 Å².